The summed E-state index contributed by atoms with van der Waals surface area (Å²) in [6.07, 6.45) is 1.46. The molecule has 2 N–H and O–H groups in total. The van der Waals surface area contributed by atoms with Crippen molar-refractivity contribution in [3.05, 3.63) is 86.4 Å². The van der Waals surface area contributed by atoms with Crippen molar-refractivity contribution in [3.63, 3.8) is 0 Å². The Morgan fingerprint density at radius 2 is 1.82 bits per heavy atom. The molecule has 0 aliphatic carbocycles. The van der Waals surface area contributed by atoms with Crippen LogP contribution < -0.4 is 20.2 Å². The Balaban J connectivity index is 1.69. The summed E-state index contributed by atoms with van der Waals surface area (Å²) in [6, 6.07) is 15.5. The fourth-order valence-corrected chi connectivity index (χ4v) is 3.62. The molecule has 0 fully saturated rings. The molecule has 2 amide bonds. The third kappa shape index (κ3) is 7.02. The first kappa shape index (κ1) is 24.7. The molecule has 3 rings (SSSR count). The molecule has 0 unspecified atom stereocenters. The summed E-state index contributed by atoms with van der Waals surface area (Å²) < 4.78 is 11.6. The number of aryl methyl sites for hydroxylation is 1. The quantitative estimate of drug-likeness (QED) is 0.253. The van der Waals surface area contributed by atoms with Crippen LogP contribution in [0.15, 0.2) is 59.7 Å². The van der Waals surface area contributed by atoms with E-state index < -0.39 is 6.03 Å². The standard InChI is InChI=1S/C24H22Cl3N3O3/c1-3-32-22-11-16(13-28-30-24(31)29-21-7-5-4-6-15(21)2)10-20(27)23(22)33-14-17-8-9-18(25)12-19(17)26/h4-13H,3,14H2,1-2H3,(H2,29,30,31). The van der Waals surface area contributed by atoms with Crippen molar-refractivity contribution in [3.8, 4) is 11.5 Å². The Morgan fingerprint density at radius 3 is 2.55 bits per heavy atom. The first-order valence-electron chi connectivity index (χ1n) is 10.1. The van der Waals surface area contributed by atoms with Gasteiger partial charge in [-0.1, -0.05) is 59.1 Å². The van der Waals surface area contributed by atoms with E-state index in [4.69, 9.17) is 44.3 Å². The van der Waals surface area contributed by atoms with Crippen molar-refractivity contribution >= 4 is 52.7 Å². The molecular weight excluding hydrogens is 485 g/mol. The highest BCUT2D eigenvalue weighted by molar-refractivity contribution is 6.35. The van der Waals surface area contributed by atoms with Gasteiger partial charge in [0.15, 0.2) is 11.5 Å². The van der Waals surface area contributed by atoms with Gasteiger partial charge < -0.3 is 14.8 Å². The molecule has 0 atom stereocenters. The zero-order chi connectivity index (χ0) is 23.8. The Labute approximate surface area is 207 Å². The highest BCUT2D eigenvalue weighted by Gasteiger charge is 2.14. The minimum atomic E-state index is -0.462. The van der Waals surface area contributed by atoms with Crippen molar-refractivity contribution in [2.24, 2.45) is 5.10 Å². The molecule has 0 aliphatic rings. The van der Waals surface area contributed by atoms with E-state index in [0.717, 1.165) is 11.1 Å². The lowest BCUT2D eigenvalue weighted by molar-refractivity contribution is 0.252. The van der Waals surface area contributed by atoms with Crippen LogP contribution in [0.4, 0.5) is 10.5 Å². The van der Waals surface area contributed by atoms with Crippen LogP contribution in [0.2, 0.25) is 15.1 Å². The average molecular weight is 507 g/mol. The van der Waals surface area contributed by atoms with Crippen LogP contribution in [0.25, 0.3) is 0 Å². The predicted octanol–water partition coefficient (Wildman–Crippen LogP) is 7.09. The average Bonchev–Trinajstić information content (AvgIpc) is 2.76. The predicted molar refractivity (Wildman–Crippen MR) is 134 cm³/mol. The second-order valence-corrected chi connectivity index (χ2v) is 8.18. The van der Waals surface area contributed by atoms with E-state index in [1.54, 1.807) is 30.3 Å². The highest BCUT2D eigenvalue weighted by Crippen LogP contribution is 2.37. The number of rotatable bonds is 8. The molecule has 0 bridgehead atoms. The molecule has 3 aromatic carbocycles. The van der Waals surface area contributed by atoms with E-state index in [-0.39, 0.29) is 6.61 Å². The van der Waals surface area contributed by atoms with Gasteiger partial charge in [-0.3, -0.25) is 0 Å². The van der Waals surface area contributed by atoms with Gasteiger partial charge in [0.25, 0.3) is 0 Å². The minimum Gasteiger partial charge on any atom is -0.490 e. The number of amides is 2. The zero-order valence-electron chi connectivity index (χ0n) is 18.0. The van der Waals surface area contributed by atoms with Crippen molar-refractivity contribution < 1.29 is 14.3 Å². The number of hydrogen-bond acceptors (Lipinski definition) is 4. The van der Waals surface area contributed by atoms with Gasteiger partial charge in [0.2, 0.25) is 0 Å². The van der Waals surface area contributed by atoms with Crippen molar-refractivity contribution in [1.29, 1.82) is 0 Å². The molecule has 0 saturated heterocycles. The molecule has 9 heteroatoms. The van der Waals surface area contributed by atoms with Gasteiger partial charge in [-0.25, -0.2) is 10.2 Å². The summed E-state index contributed by atoms with van der Waals surface area (Å²) in [5.74, 6) is 0.827. The Morgan fingerprint density at radius 1 is 1.03 bits per heavy atom. The maximum absolute atomic E-state index is 12.1. The number of hydrogen-bond donors (Lipinski definition) is 2. The lowest BCUT2D eigenvalue weighted by Gasteiger charge is -2.15. The molecule has 33 heavy (non-hydrogen) atoms. The monoisotopic (exact) mass is 505 g/mol. The van der Waals surface area contributed by atoms with Gasteiger partial charge in [0, 0.05) is 21.3 Å². The topological polar surface area (TPSA) is 72.0 Å². The fraction of sp³-hybridized carbons (Fsp3) is 0.167. The van der Waals surface area contributed by atoms with Gasteiger partial charge in [0.05, 0.1) is 17.8 Å². The summed E-state index contributed by atoms with van der Waals surface area (Å²) >= 11 is 18.6. The number of hydrazone groups is 1. The molecule has 0 saturated carbocycles. The van der Waals surface area contributed by atoms with Gasteiger partial charge in [-0.2, -0.15) is 5.10 Å². The molecule has 0 aliphatic heterocycles. The van der Waals surface area contributed by atoms with Crippen LogP contribution >= 0.6 is 34.8 Å². The van der Waals surface area contributed by atoms with Gasteiger partial charge in [0.1, 0.15) is 6.61 Å². The highest BCUT2D eigenvalue weighted by atomic mass is 35.5. The normalized spacial score (nSPS) is 10.8. The first-order valence-corrected chi connectivity index (χ1v) is 11.2. The van der Waals surface area contributed by atoms with Crippen LogP contribution in [0, 0.1) is 6.92 Å². The van der Waals surface area contributed by atoms with Crippen molar-refractivity contribution in [2.45, 2.75) is 20.5 Å². The number of nitrogens with zero attached hydrogens (tertiary/aromatic N) is 1. The number of halogens is 3. The second-order valence-electron chi connectivity index (χ2n) is 6.93. The van der Waals surface area contributed by atoms with Crippen LogP contribution in [-0.4, -0.2) is 18.9 Å². The largest absolute Gasteiger partial charge is 0.490 e. The summed E-state index contributed by atoms with van der Waals surface area (Å²) in [5, 5.41) is 8.09. The Bertz CT molecular complexity index is 1170. The molecule has 0 heterocycles. The molecular formula is C24H22Cl3N3O3. The zero-order valence-corrected chi connectivity index (χ0v) is 20.3. The van der Waals surface area contributed by atoms with Crippen LogP contribution in [0.1, 0.15) is 23.6 Å². The van der Waals surface area contributed by atoms with Crippen molar-refractivity contribution in [2.75, 3.05) is 11.9 Å². The molecule has 0 spiro atoms. The summed E-state index contributed by atoms with van der Waals surface area (Å²) in [6.45, 7) is 4.35. The number of carbonyl (C=O) groups excluding carboxylic acids is 1. The Hall–Kier alpha value is -2.93. The Kier molecular flexibility index (Phi) is 8.83. The summed E-state index contributed by atoms with van der Waals surface area (Å²) in [4.78, 5) is 12.1. The first-order chi connectivity index (χ1) is 15.9. The van der Waals surface area contributed by atoms with E-state index >= 15 is 0 Å². The molecule has 0 aromatic heterocycles. The van der Waals surface area contributed by atoms with Gasteiger partial charge >= 0.3 is 6.03 Å². The van der Waals surface area contributed by atoms with Crippen LogP contribution in [-0.2, 0) is 6.61 Å². The second kappa shape index (κ2) is 11.8. The molecule has 0 radical (unpaired) electrons. The van der Waals surface area contributed by atoms with E-state index in [9.17, 15) is 4.79 Å². The van der Waals surface area contributed by atoms with Crippen LogP contribution in [0.3, 0.4) is 0 Å². The molecule has 172 valence electrons. The van der Waals surface area contributed by atoms with Gasteiger partial charge in [-0.05, 0) is 55.3 Å². The number of ether oxygens (including phenoxy) is 2. The van der Waals surface area contributed by atoms with E-state index in [1.165, 1.54) is 6.21 Å². The third-order valence-corrected chi connectivity index (χ3v) is 5.36. The van der Waals surface area contributed by atoms with E-state index in [2.05, 4.69) is 15.8 Å². The minimum absolute atomic E-state index is 0.184. The number of carbonyl (C=O) groups is 1. The number of benzene rings is 3. The number of urea groups is 1. The lowest BCUT2D eigenvalue weighted by atomic mass is 10.2. The maximum atomic E-state index is 12.1. The third-order valence-electron chi connectivity index (χ3n) is 4.49. The summed E-state index contributed by atoms with van der Waals surface area (Å²) in [5.41, 5.74) is 5.46. The molecule has 6 nitrogen and oxygen atoms in total. The van der Waals surface area contributed by atoms with E-state index in [0.29, 0.717) is 44.4 Å². The number of para-hydroxylation sites is 1. The molecule has 3 aromatic rings. The lowest BCUT2D eigenvalue weighted by Crippen LogP contribution is -2.24. The fourth-order valence-electron chi connectivity index (χ4n) is 2.88. The number of anilines is 1. The van der Waals surface area contributed by atoms with E-state index in [1.807, 2.05) is 38.1 Å². The SMILES string of the molecule is CCOc1cc(C=NNC(=O)Nc2ccccc2C)cc(Cl)c1OCc1ccc(Cl)cc1Cl. The number of nitrogens with one attached hydrogen (secondary N) is 2. The summed E-state index contributed by atoms with van der Waals surface area (Å²) in [7, 11) is 0. The van der Waals surface area contributed by atoms with Crippen molar-refractivity contribution in [1.82, 2.24) is 5.43 Å². The van der Waals surface area contributed by atoms with Crippen LogP contribution in [0.5, 0.6) is 11.5 Å². The maximum Gasteiger partial charge on any atom is 0.339 e. The smallest absolute Gasteiger partial charge is 0.339 e. The van der Waals surface area contributed by atoms with Gasteiger partial charge in [-0.15, -0.1) is 0 Å².